The number of ether oxygens (including phenoxy) is 2. The Bertz CT molecular complexity index is 679. The van der Waals surface area contributed by atoms with Crippen LogP contribution in [0.3, 0.4) is 0 Å². The zero-order valence-electron chi connectivity index (χ0n) is 12.9. The highest BCUT2D eigenvalue weighted by atomic mass is 16.5. The lowest BCUT2D eigenvalue weighted by Crippen LogP contribution is -2.20. The molecule has 6 heteroatoms. The number of methoxy groups -OCH3 is 1. The van der Waals surface area contributed by atoms with E-state index in [1.807, 2.05) is 0 Å². The molecule has 1 amide bonds. The largest absolute Gasteiger partial charge is 0.497 e. The number of oxime groups is 1. The van der Waals surface area contributed by atoms with Crippen molar-refractivity contribution < 1.29 is 19.5 Å². The molecule has 0 unspecified atom stereocenters. The van der Waals surface area contributed by atoms with Gasteiger partial charge in [-0.3, -0.25) is 4.79 Å². The Morgan fingerprint density at radius 3 is 2.26 bits per heavy atom. The summed E-state index contributed by atoms with van der Waals surface area (Å²) in [7, 11) is 1.58. The Morgan fingerprint density at radius 2 is 1.70 bits per heavy atom. The molecule has 0 saturated heterocycles. The number of benzene rings is 2. The average molecular weight is 314 g/mol. The molecular weight excluding hydrogens is 296 g/mol. The minimum Gasteiger partial charge on any atom is -0.497 e. The Morgan fingerprint density at radius 1 is 1.09 bits per heavy atom. The maximum Gasteiger partial charge on any atom is 0.262 e. The standard InChI is InChI=1S/C17H18N2O4/c1-12(19-21)13-3-7-16(8-4-13)23-11-17(20)18-14-5-9-15(22-2)10-6-14/h3-10,21H,11H2,1-2H3,(H,18,20)/b19-12-. The topological polar surface area (TPSA) is 80.2 Å². The Balaban J connectivity index is 1.86. The highest BCUT2D eigenvalue weighted by molar-refractivity contribution is 5.98. The van der Waals surface area contributed by atoms with Crippen LogP contribution in [-0.2, 0) is 4.79 Å². The number of hydrogen-bond acceptors (Lipinski definition) is 5. The molecule has 0 atom stereocenters. The normalized spacial score (nSPS) is 11.0. The predicted molar refractivity (Wildman–Crippen MR) is 87.6 cm³/mol. The molecule has 0 fully saturated rings. The van der Waals surface area contributed by atoms with Gasteiger partial charge in [0.25, 0.3) is 5.91 Å². The van der Waals surface area contributed by atoms with Gasteiger partial charge in [-0.2, -0.15) is 0 Å². The van der Waals surface area contributed by atoms with Gasteiger partial charge in [-0.05, 0) is 61.0 Å². The molecule has 0 saturated carbocycles. The smallest absolute Gasteiger partial charge is 0.262 e. The minimum absolute atomic E-state index is 0.0988. The maximum atomic E-state index is 11.8. The molecule has 23 heavy (non-hydrogen) atoms. The molecule has 0 spiro atoms. The van der Waals surface area contributed by atoms with Crippen molar-refractivity contribution in [2.45, 2.75) is 6.92 Å². The van der Waals surface area contributed by atoms with Crippen LogP contribution in [0.5, 0.6) is 11.5 Å². The van der Waals surface area contributed by atoms with Gasteiger partial charge >= 0.3 is 0 Å². The van der Waals surface area contributed by atoms with Crippen molar-refractivity contribution in [1.29, 1.82) is 0 Å². The zero-order valence-corrected chi connectivity index (χ0v) is 12.9. The van der Waals surface area contributed by atoms with Crippen LogP contribution in [0.15, 0.2) is 53.7 Å². The van der Waals surface area contributed by atoms with Crippen molar-refractivity contribution in [2.75, 3.05) is 19.0 Å². The van der Waals surface area contributed by atoms with Gasteiger partial charge in [-0.1, -0.05) is 5.16 Å². The number of rotatable bonds is 6. The first-order valence-corrected chi connectivity index (χ1v) is 6.98. The SMILES string of the molecule is COc1ccc(NC(=O)COc2ccc(/C(C)=N\O)cc2)cc1. The summed E-state index contributed by atoms with van der Waals surface area (Å²) in [6.45, 7) is 1.59. The molecule has 0 aliphatic heterocycles. The molecule has 0 aliphatic rings. The van der Waals surface area contributed by atoms with E-state index in [2.05, 4.69) is 10.5 Å². The lowest BCUT2D eigenvalue weighted by atomic mass is 10.1. The molecule has 0 radical (unpaired) electrons. The molecule has 0 bridgehead atoms. The highest BCUT2D eigenvalue weighted by Crippen LogP contribution is 2.15. The van der Waals surface area contributed by atoms with Crippen molar-refractivity contribution >= 4 is 17.3 Å². The van der Waals surface area contributed by atoms with Crippen LogP contribution in [0.1, 0.15) is 12.5 Å². The monoisotopic (exact) mass is 314 g/mol. The van der Waals surface area contributed by atoms with E-state index in [0.29, 0.717) is 17.1 Å². The third-order valence-corrected chi connectivity index (χ3v) is 3.17. The van der Waals surface area contributed by atoms with Crippen LogP contribution >= 0.6 is 0 Å². The highest BCUT2D eigenvalue weighted by Gasteiger charge is 2.05. The Labute approximate surface area is 134 Å². The minimum atomic E-state index is -0.257. The average Bonchev–Trinajstić information content (AvgIpc) is 2.60. The number of nitrogens with one attached hydrogen (secondary N) is 1. The number of nitrogens with zero attached hydrogens (tertiary/aromatic N) is 1. The molecule has 120 valence electrons. The van der Waals surface area contributed by atoms with Crippen LogP contribution in [0.4, 0.5) is 5.69 Å². The summed E-state index contributed by atoms with van der Waals surface area (Å²) in [5.41, 5.74) is 1.96. The molecule has 0 aromatic heterocycles. The molecular formula is C17H18N2O4. The summed E-state index contributed by atoms with van der Waals surface area (Å²) in [5, 5.41) is 14.6. The predicted octanol–water partition coefficient (Wildman–Crippen LogP) is 2.91. The molecule has 0 heterocycles. The molecule has 6 nitrogen and oxygen atoms in total. The van der Waals surface area contributed by atoms with Gasteiger partial charge < -0.3 is 20.0 Å². The number of anilines is 1. The third kappa shape index (κ3) is 4.74. The van der Waals surface area contributed by atoms with Crippen LogP contribution in [0, 0.1) is 0 Å². The number of carbonyl (C=O) groups excluding carboxylic acids is 1. The first-order chi connectivity index (χ1) is 11.1. The van der Waals surface area contributed by atoms with Gasteiger partial charge in [0, 0.05) is 5.69 Å². The molecule has 2 N–H and O–H groups in total. The van der Waals surface area contributed by atoms with Crippen LogP contribution in [-0.4, -0.2) is 30.5 Å². The van der Waals surface area contributed by atoms with Crippen molar-refractivity contribution in [1.82, 2.24) is 0 Å². The number of hydrogen-bond donors (Lipinski definition) is 2. The lowest BCUT2D eigenvalue weighted by Gasteiger charge is -2.08. The van der Waals surface area contributed by atoms with Crippen molar-refractivity contribution in [3.05, 3.63) is 54.1 Å². The van der Waals surface area contributed by atoms with Crippen LogP contribution in [0.2, 0.25) is 0 Å². The van der Waals surface area contributed by atoms with Gasteiger partial charge in [-0.15, -0.1) is 0 Å². The fourth-order valence-electron chi connectivity index (χ4n) is 1.87. The second-order valence-corrected chi connectivity index (χ2v) is 4.78. The Hall–Kier alpha value is -3.02. The second-order valence-electron chi connectivity index (χ2n) is 4.78. The van der Waals surface area contributed by atoms with E-state index in [1.54, 1.807) is 62.6 Å². The summed E-state index contributed by atoms with van der Waals surface area (Å²) in [6.07, 6.45) is 0. The van der Waals surface area contributed by atoms with Gasteiger partial charge in [-0.25, -0.2) is 0 Å². The summed E-state index contributed by atoms with van der Waals surface area (Å²) in [5.74, 6) is 1.03. The van der Waals surface area contributed by atoms with Crippen molar-refractivity contribution in [3.63, 3.8) is 0 Å². The number of amides is 1. The number of carbonyl (C=O) groups is 1. The summed E-state index contributed by atoms with van der Waals surface area (Å²) in [6, 6.07) is 14.0. The van der Waals surface area contributed by atoms with E-state index >= 15 is 0 Å². The van der Waals surface area contributed by atoms with Gasteiger partial charge in [0.05, 0.1) is 12.8 Å². The molecule has 0 aliphatic carbocycles. The van der Waals surface area contributed by atoms with E-state index in [4.69, 9.17) is 14.7 Å². The van der Waals surface area contributed by atoms with E-state index in [9.17, 15) is 4.79 Å². The van der Waals surface area contributed by atoms with Gasteiger partial charge in [0.1, 0.15) is 11.5 Å². The van der Waals surface area contributed by atoms with Gasteiger partial charge in [0.2, 0.25) is 0 Å². The van der Waals surface area contributed by atoms with Crippen molar-refractivity contribution in [2.24, 2.45) is 5.16 Å². The summed E-state index contributed by atoms with van der Waals surface area (Å²) >= 11 is 0. The zero-order chi connectivity index (χ0) is 16.7. The Kier molecular flexibility index (Phi) is 5.57. The quantitative estimate of drug-likeness (QED) is 0.488. The summed E-state index contributed by atoms with van der Waals surface area (Å²) in [4.78, 5) is 11.8. The van der Waals surface area contributed by atoms with E-state index in [0.717, 1.165) is 11.3 Å². The fourth-order valence-corrected chi connectivity index (χ4v) is 1.87. The van der Waals surface area contributed by atoms with Crippen LogP contribution < -0.4 is 14.8 Å². The summed E-state index contributed by atoms with van der Waals surface area (Å²) < 4.78 is 10.5. The third-order valence-electron chi connectivity index (χ3n) is 3.17. The van der Waals surface area contributed by atoms with E-state index in [1.165, 1.54) is 0 Å². The second kappa shape index (κ2) is 7.84. The van der Waals surface area contributed by atoms with E-state index < -0.39 is 0 Å². The van der Waals surface area contributed by atoms with Crippen molar-refractivity contribution in [3.8, 4) is 11.5 Å². The molecule has 2 rings (SSSR count). The lowest BCUT2D eigenvalue weighted by molar-refractivity contribution is -0.118. The van der Waals surface area contributed by atoms with Gasteiger partial charge in [0.15, 0.2) is 6.61 Å². The molecule has 2 aromatic carbocycles. The molecule has 2 aromatic rings. The fraction of sp³-hybridized carbons (Fsp3) is 0.176. The van der Waals surface area contributed by atoms with Crippen LogP contribution in [0.25, 0.3) is 0 Å². The first kappa shape index (κ1) is 16.4. The maximum absolute atomic E-state index is 11.8. The first-order valence-electron chi connectivity index (χ1n) is 6.98. The van der Waals surface area contributed by atoms with E-state index in [-0.39, 0.29) is 12.5 Å².